The van der Waals surface area contributed by atoms with E-state index in [0.717, 1.165) is 6.42 Å². The Balaban J connectivity index is 5.29. The number of rotatable bonds is 6. The maximum atomic E-state index is 3.68. The van der Waals surface area contributed by atoms with Crippen molar-refractivity contribution in [3.8, 4) is 0 Å². The Morgan fingerprint density at radius 3 is 2.17 bits per heavy atom. The highest BCUT2D eigenvalue weighted by Crippen LogP contribution is 2.20. The van der Waals surface area contributed by atoms with Crippen LogP contribution in [0.25, 0.3) is 0 Å². The summed E-state index contributed by atoms with van der Waals surface area (Å²) in [4.78, 5) is 0. The van der Waals surface area contributed by atoms with E-state index in [4.69, 9.17) is 0 Å². The van der Waals surface area contributed by atoms with E-state index in [2.05, 4.69) is 65.5 Å². The summed E-state index contributed by atoms with van der Waals surface area (Å²) in [5, 5.41) is 0. The fourth-order valence-corrected chi connectivity index (χ4v) is 1.55. The highest BCUT2D eigenvalue weighted by atomic mass is 14.1. The van der Waals surface area contributed by atoms with Crippen LogP contribution in [0.1, 0.15) is 41.0 Å². The van der Waals surface area contributed by atoms with Crippen molar-refractivity contribution in [2.75, 3.05) is 0 Å². The van der Waals surface area contributed by atoms with Gasteiger partial charge >= 0.3 is 0 Å². The standard InChI is InChI=1S/C18H26/c1-7-10-11-12-17(9-3)18(15(4)5)14-13-16(6)8-2/h7-8,10-14H,1,9H2,2-6H3/b11-10-,14-13-,16-8-,17-12+. The van der Waals surface area contributed by atoms with E-state index in [-0.39, 0.29) is 0 Å². The van der Waals surface area contributed by atoms with Gasteiger partial charge in [0.2, 0.25) is 0 Å². The first kappa shape index (κ1) is 16.4. The van der Waals surface area contributed by atoms with Crippen molar-refractivity contribution in [3.63, 3.8) is 0 Å². The van der Waals surface area contributed by atoms with Crippen molar-refractivity contribution in [1.82, 2.24) is 0 Å². The fraction of sp³-hybridized carbons (Fsp3) is 0.333. The number of allylic oxidation sites excluding steroid dienone is 11. The molecule has 0 heterocycles. The maximum Gasteiger partial charge on any atom is -0.0238 e. The molecule has 0 atom stereocenters. The van der Waals surface area contributed by atoms with E-state index in [9.17, 15) is 0 Å². The molecule has 0 aromatic carbocycles. The van der Waals surface area contributed by atoms with Gasteiger partial charge in [-0.25, -0.2) is 0 Å². The summed E-state index contributed by atoms with van der Waals surface area (Å²) >= 11 is 0. The molecule has 18 heavy (non-hydrogen) atoms. The molecule has 0 amide bonds. The fourth-order valence-electron chi connectivity index (χ4n) is 1.55. The summed E-state index contributed by atoms with van der Waals surface area (Å²) in [6.45, 7) is 14.4. The molecule has 0 radical (unpaired) electrons. The van der Waals surface area contributed by atoms with Crippen LogP contribution < -0.4 is 0 Å². The van der Waals surface area contributed by atoms with Gasteiger partial charge in [0, 0.05) is 0 Å². The molecule has 98 valence electrons. The monoisotopic (exact) mass is 242 g/mol. The van der Waals surface area contributed by atoms with Gasteiger partial charge in [0.1, 0.15) is 0 Å². The molecule has 0 rings (SSSR count). The minimum Gasteiger partial charge on any atom is -0.0991 e. The first-order chi connectivity index (χ1) is 8.56. The van der Waals surface area contributed by atoms with E-state index in [1.54, 1.807) is 6.08 Å². The SMILES string of the molecule is C=C/C=C\C=C(/CC)C(/C=C\C(C)=C/C)=C(C)C. The molecule has 0 aliphatic heterocycles. The maximum absolute atomic E-state index is 3.68. The average molecular weight is 242 g/mol. The molecular weight excluding hydrogens is 216 g/mol. The predicted octanol–water partition coefficient (Wildman–Crippen LogP) is 5.92. The lowest BCUT2D eigenvalue weighted by Crippen LogP contribution is -1.88. The molecule has 0 aromatic rings. The molecule has 0 aromatic heterocycles. The van der Waals surface area contributed by atoms with Crippen molar-refractivity contribution >= 4 is 0 Å². The average Bonchev–Trinajstić information content (AvgIpc) is 2.36. The number of hydrogen-bond donors (Lipinski definition) is 0. The Morgan fingerprint density at radius 2 is 1.72 bits per heavy atom. The van der Waals surface area contributed by atoms with Crippen molar-refractivity contribution in [2.45, 2.75) is 41.0 Å². The van der Waals surface area contributed by atoms with Gasteiger partial charge in [-0.3, -0.25) is 0 Å². The lowest BCUT2D eigenvalue weighted by atomic mass is 9.97. The van der Waals surface area contributed by atoms with Gasteiger partial charge in [0.05, 0.1) is 0 Å². The minimum atomic E-state index is 1.03. The summed E-state index contributed by atoms with van der Waals surface area (Å²) in [5.41, 5.74) is 5.31. The van der Waals surface area contributed by atoms with Gasteiger partial charge < -0.3 is 0 Å². The van der Waals surface area contributed by atoms with Gasteiger partial charge in [-0.15, -0.1) is 0 Å². The van der Waals surface area contributed by atoms with Crippen molar-refractivity contribution in [3.05, 3.63) is 71.4 Å². The third-order valence-electron chi connectivity index (χ3n) is 2.78. The Labute approximate surface area is 113 Å². The van der Waals surface area contributed by atoms with Crippen LogP contribution in [0.3, 0.4) is 0 Å². The van der Waals surface area contributed by atoms with E-state index < -0.39 is 0 Å². The van der Waals surface area contributed by atoms with Crippen molar-refractivity contribution < 1.29 is 0 Å². The Bertz CT molecular complexity index is 405. The van der Waals surface area contributed by atoms with Gasteiger partial charge in [0.15, 0.2) is 0 Å². The molecule has 0 saturated carbocycles. The number of hydrogen-bond acceptors (Lipinski definition) is 0. The molecule has 0 heteroatoms. The summed E-state index contributed by atoms with van der Waals surface area (Å²) in [7, 11) is 0. The summed E-state index contributed by atoms with van der Waals surface area (Å²) < 4.78 is 0. The second kappa shape index (κ2) is 9.47. The smallest absolute Gasteiger partial charge is 0.0238 e. The van der Waals surface area contributed by atoms with Crippen LogP contribution in [0.4, 0.5) is 0 Å². The van der Waals surface area contributed by atoms with E-state index >= 15 is 0 Å². The van der Waals surface area contributed by atoms with E-state index in [1.807, 2.05) is 12.2 Å². The van der Waals surface area contributed by atoms with Gasteiger partial charge in [-0.05, 0) is 45.3 Å². The van der Waals surface area contributed by atoms with Gasteiger partial charge in [0.25, 0.3) is 0 Å². The zero-order chi connectivity index (χ0) is 14.0. The zero-order valence-corrected chi connectivity index (χ0v) is 12.5. The first-order valence-corrected chi connectivity index (χ1v) is 6.53. The summed E-state index contributed by atoms with van der Waals surface area (Å²) in [6, 6.07) is 0. The largest absolute Gasteiger partial charge is 0.0991 e. The molecular formula is C18H26. The molecule has 0 bridgehead atoms. The second-order valence-electron chi connectivity index (χ2n) is 4.45. The summed E-state index contributed by atoms with van der Waals surface area (Å²) in [6.07, 6.45) is 15.5. The van der Waals surface area contributed by atoms with E-state index in [0.29, 0.717) is 0 Å². The lowest BCUT2D eigenvalue weighted by Gasteiger charge is -2.08. The normalized spacial score (nSPS) is 13.4. The Morgan fingerprint density at radius 1 is 1.06 bits per heavy atom. The van der Waals surface area contributed by atoms with E-state index in [1.165, 1.54) is 22.3 Å². The second-order valence-corrected chi connectivity index (χ2v) is 4.45. The summed E-state index contributed by atoms with van der Waals surface area (Å²) in [5.74, 6) is 0. The van der Waals surface area contributed by atoms with Crippen molar-refractivity contribution in [1.29, 1.82) is 0 Å². The molecule has 0 aliphatic carbocycles. The van der Waals surface area contributed by atoms with Crippen LogP contribution in [-0.2, 0) is 0 Å². The molecule has 0 aliphatic rings. The van der Waals surface area contributed by atoms with Gasteiger partial charge in [-0.2, -0.15) is 0 Å². The lowest BCUT2D eigenvalue weighted by molar-refractivity contribution is 1.10. The Kier molecular flexibility index (Phi) is 8.65. The molecule has 0 unspecified atom stereocenters. The van der Waals surface area contributed by atoms with Crippen molar-refractivity contribution in [2.24, 2.45) is 0 Å². The minimum absolute atomic E-state index is 1.03. The molecule has 0 saturated heterocycles. The third kappa shape index (κ3) is 6.24. The van der Waals surface area contributed by atoms with Crippen LogP contribution >= 0.6 is 0 Å². The molecule has 0 fully saturated rings. The molecule has 0 nitrogen and oxygen atoms in total. The van der Waals surface area contributed by atoms with Crippen LogP contribution in [-0.4, -0.2) is 0 Å². The van der Waals surface area contributed by atoms with Gasteiger partial charge in [-0.1, -0.05) is 67.2 Å². The highest BCUT2D eigenvalue weighted by Gasteiger charge is 2.00. The first-order valence-electron chi connectivity index (χ1n) is 6.53. The third-order valence-corrected chi connectivity index (χ3v) is 2.78. The Hall–Kier alpha value is -1.56. The quantitative estimate of drug-likeness (QED) is 0.507. The highest BCUT2D eigenvalue weighted by molar-refractivity contribution is 5.45. The van der Waals surface area contributed by atoms with Crippen LogP contribution in [0.2, 0.25) is 0 Å². The molecule has 0 spiro atoms. The van der Waals surface area contributed by atoms with Crippen LogP contribution in [0, 0.1) is 0 Å². The zero-order valence-electron chi connectivity index (χ0n) is 12.5. The predicted molar refractivity (Wildman–Crippen MR) is 84.7 cm³/mol. The van der Waals surface area contributed by atoms with Crippen LogP contribution in [0.15, 0.2) is 71.4 Å². The topological polar surface area (TPSA) is 0 Å². The van der Waals surface area contributed by atoms with Crippen LogP contribution in [0.5, 0.6) is 0 Å². The molecule has 0 N–H and O–H groups in total.